The highest BCUT2D eigenvalue weighted by atomic mass is 79.9. The highest BCUT2D eigenvalue weighted by molar-refractivity contribution is 9.10. The van der Waals surface area contributed by atoms with Crippen molar-refractivity contribution in [1.82, 2.24) is 10.2 Å². The van der Waals surface area contributed by atoms with E-state index in [0.29, 0.717) is 17.4 Å². The van der Waals surface area contributed by atoms with E-state index < -0.39 is 11.9 Å². The number of carbonyl (C=O) groups is 2. The van der Waals surface area contributed by atoms with Gasteiger partial charge in [0.25, 0.3) is 5.91 Å². The first kappa shape index (κ1) is 14.8. The summed E-state index contributed by atoms with van der Waals surface area (Å²) in [6, 6.07) is 1.97. The molecule has 0 saturated carbocycles. The van der Waals surface area contributed by atoms with Crippen LogP contribution in [0.4, 0.5) is 10.1 Å². The number of hydrogen-bond acceptors (Lipinski definition) is 3. The number of hydrogen-bond donors (Lipinski definition) is 2. The van der Waals surface area contributed by atoms with Gasteiger partial charge in [-0.25, -0.2) is 4.39 Å². The zero-order chi connectivity index (χ0) is 14.9. The lowest BCUT2D eigenvalue weighted by atomic mass is 10.1. The highest BCUT2D eigenvalue weighted by Gasteiger charge is 2.34. The minimum atomic E-state index is -0.585. The number of likely N-dealkylation sites (N-methyl/N-ethyl adjacent to an activating group) is 1. The van der Waals surface area contributed by atoms with Crippen LogP contribution in [0, 0.1) is 5.82 Å². The average Bonchev–Trinajstić information content (AvgIpc) is 2.90. The second-order valence-corrected chi connectivity index (χ2v) is 5.48. The van der Waals surface area contributed by atoms with E-state index in [1.807, 2.05) is 0 Å². The third-order valence-electron chi connectivity index (χ3n) is 3.38. The molecule has 1 atom stereocenters. The van der Waals surface area contributed by atoms with Crippen molar-refractivity contribution in [1.29, 1.82) is 0 Å². The molecule has 0 aliphatic carbocycles. The Bertz CT molecular complexity index is 565. The molecule has 20 heavy (non-hydrogen) atoms. The van der Waals surface area contributed by atoms with Crippen molar-refractivity contribution in [3.8, 4) is 0 Å². The lowest BCUT2D eigenvalue weighted by molar-refractivity contribution is -0.124. The van der Waals surface area contributed by atoms with Gasteiger partial charge in [-0.15, -0.1) is 0 Å². The average molecular weight is 344 g/mol. The van der Waals surface area contributed by atoms with E-state index in [1.54, 1.807) is 0 Å². The fourth-order valence-electron chi connectivity index (χ4n) is 2.33. The van der Waals surface area contributed by atoms with E-state index in [9.17, 15) is 14.0 Å². The van der Waals surface area contributed by atoms with Crippen molar-refractivity contribution in [2.75, 3.05) is 19.3 Å². The molecule has 1 aromatic carbocycles. The first-order chi connectivity index (χ1) is 9.45. The quantitative estimate of drug-likeness (QED) is 0.799. The van der Waals surface area contributed by atoms with Crippen LogP contribution in [0.1, 0.15) is 23.2 Å². The molecule has 2 rings (SSSR count). The number of nitrogens with two attached hydrogens (primary N) is 1. The minimum absolute atomic E-state index is 0.0905. The smallest absolute Gasteiger partial charge is 0.255 e. The molecule has 0 bridgehead atoms. The van der Waals surface area contributed by atoms with E-state index in [0.717, 1.165) is 12.5 Å². The number of benzene rings is 1. The SMILES string of the molecule is CNC(=O)C1CCCN1C(=O)c1cc(N)c(F)cc1Br. The fraction of sp³-hybridized carbons (Fsp3) is 0.385. The van der Waals surface area contributed by atoms with E-state index in [2.05, 4.69) is 21.2 Å². The summed E-state index contributed by atoms with van der Waals surface area (Å²) in [6.07, 6.45) is 1.39. The Balaban J connectivity index is 2.31. The molecule has 108 valence electrons. The third-order valence-corrected chi connectivity index (χ3v) is 4.04. The van der Waals surface area contributed by atoms with Crippen LogP contribution in [0.15, 0.2) is 16.6 Å². The molecular weight excluding hydrogens is 329 g/mol. The number of nitrogen functional groups attached to an aromatic ring is 1. The van der Waals surface area contributed by atoms with Crippen molar-refractivity contribution in [3.63, 3.8) is 0 Å². The van der Waals surface area contributed by atoms with Crippen molar-refractivity contribution in [2.45, 2.75) is 18.9 Å². The van der Waals surface area contributed by atoms with E-state index in [-0.39, 0.29) is 23.1 Å². The van der Waals surface area contributed by atoms with Crippen LogP contribution in [-0.2, 0) is 4.79 Å². The number of nitrogens with one attached hydrogen (secondary N) is 1. The van der Waals surface area contributed by atoms with Gasteiger partial charge in [0.1, 0.15) is 11.9 Å². The minimum Gasteiger partial charge on any atom is -0.396 e. The van der Waals surface area contributed by atoms with Crippen molar-refractivity contribution in [3.05, 3.63) is 28.0 Å². The van der Waals surface area contributed by atoms with Crippen LogP contribution >= 0.6 is 15.9 Å². The van der Waals surface area contributed by atoms with Crippen LogP contribution < -0.4 is 11.1 Å². The molecule has 1 aromatic rings. The van der Waals surface area contributed by atoms with Gasteiger partial charge in [-0.2, -0.15) is 0 Å². The predicted molar refractivity (Wildman–Crippen MR) is 76.6 cm³/mol. The second kappa shape index (κ2) is 5.78. The Kier molecular flexibility index (Phi) is 4.27. The van der Waals surface area contributed by atoms with Gasteiger partial charge >= 0.3 is 0 Å². The fourth-order valence-corrected chi connectivity index (χ4v) is 2.82. The van der Waals surface area contributed by atoms with Gasteiger partial charge in [0.05, 0.1) is 11.3 Å². The first-order valence-electron chi connectivity index (χ1n) is 6.22. The largest absolute Gasteiger partial charge is 0.396 e. The van der Waals surface area contributed by atoms with Crippen molar-refractivity contribution in [2.24, 2.45) is 0 Å². The maximum Gasteiger partial charge on any atom is 0.255 e. The van der Waals surface area contributed by atoms with Gasteiger partial charge in [0.15, 0.2) is 0 Å². The van der Waals surface area contributed by atoms with E-state index in [4.69, 9.17) is 5.73 Å². The molecule has 0 radical (unpaired) electrons. The lowest BCUT2D eigenvalue weighted by Gasteiger charge is -2.24. The molecule has 1 aliphatic rings. The summed E-state index contributed by atoms with van der Waals surface area (Å²) < 4.78 is 13.6. The summed E-state index contributed by atoms with van der Waals surface area (Å²) in [4.78, 5) is 25.8. The van der Waals surface area contributed by atoms with Crippen LogP contribution in [0.5, 0.6) is 0 Å². The molecular formula is C13H15BrFN3O2. The Morgan fingerprint density at radius 3 is 2.85 bits per heavy atom. The Morgan fingerprint density at radius 1 is 1.50 bits per heavy atom. The molecule has 3 N–H and O–H groups in total. The molecule has 1 saturated heterocycles. The molecule has 1 heterocycles. The monoisotopic (exact) mass is 343 g/mol. The predicted octanol–water partition coefficient (Wildman–Crippen LogP) is 1.52. The third kappa shape index (κ3) is 2.63. The summed E-state index contributed by atoms with van der Waals surface area (Å²) in [7, 11) is 1.54. The second-order valence-electron chi connectivity index (χ2n) is 4.62. The van der Waals surface area contributed by atoms with E-state index in [1.165, 1.54) is 18.0 Å². The maximum absolute atomic E-state index is 13.3. The van der Waals surface area contributed by atoms with Gasteiger partial charge in [-0.05, 0) is 40.9 Å². The molecule has 0 aromatic heterocycles. The van der Waals surface area contributed by atoms with Gasteiger partial charge in [-0.3, -0.25) is 9.59 Å². The Labute approximate surface area is 124 Å². The van der Waals surface area contributed by atoms with Crippen molar-refractivity contribution < 1.29 is 14.0 Å². The van der Waals surface area contributed by atoms with Crippen LogP contribution in [0.2, 0.25) is 0 Å². The Hall–Kier alpha value is -1.63. The van der Waals surface area contributed by atoms with Crippen LogP contribution in [-0.4, -0.2) is 36.3 Å². The van der Waals surface area contributed by atoms with Gasteiger partial charge in [-0.1, -0.05) is 0 Å². The summed E-state index contributed by atoms with van der Waals surface area (Å²) >= 11 is 3.16. The first-order valence-corrected chi connectivity index (χ1v) is 7.02. The lowest BCUT2D eigenvalue weighted by Crippen LogP contribution is -2.45. The molecule has 1 aliphatic heterocycles. The topological polar surface area (TPSA) is 75.4 Å². The molecule has 0 spiro atoms. The maximum atomic E-state index is 13.3. The summed E-state index contributed by atoms with van der Waals surface area (Å²) in [5.74, 6) is -1.10. The highest BCUT2D eigenvalue weighted by Crippen LogP contribution is 2.27. The number of likely N-dealkylation sites (tertiary alicyclic amines) is 1. The van der Waals surface area contributed by atoms with Gasteiger partial charge in [0, 0.05) is 18.1 Å². The summed E-state index contributed by atoms with van der Waals surface area (Å²) in [6.45, 7) is 0.501. The molecule has 2 amide bonds. The number of carbonyl (C=O) groups excluding carboxylic acids is 2. The van der Waals surface area contributed by atoms with Gasteiger partial charge in [0.2, 0.25) is 5.91 Å². The number of rotatable bonds is 2. The molecule has 5 nitrogen and oxygen atoms in total. The standard InChI is InChI=1S/C13H15BrFN3O2/c1-17-12(19)11-3-2-4-18(11)13(20)7-5-10(16)9(15)6-8(7)14/h5-6,11H,2-4,16H2,1H3,(H,17,19). The molecule has 7 heteroatoms. The normalized spacial score (nSPS) is 18.1. The molecule has 1 fully saturated rings. The Morgan fingerprint density at radius 2 is 2.20 bits per heavy atom. The summed E-state index contributed by atoms with van der Waals surface area (Å²) in [5, 5.41) is 2.55. The zero-order valence-electron chi connectivity index (χ0n) is 11.0. The van der Waals surface area contributed by atoms with Crippen LogP contribution in [0.3, 0.4) is 0 Å². The van der Waals surface area contributed by atoms with Gasteiger partial charge < -0.3 is 16.0 Å². The number of amides is 2. The van der Waals surface area contributed by atoms with E-state index >= 15 is 0 Å². The number of halogens is 2. The van der Waals surface area contributed by atoms with Crippen LogP contribution in [0.25, 0.3) is 0 Å². The number of anilines is 1. The van der Waals surface area contributed by atoms with Crippen molar-refractivity contribution >= 4 is 33.4 Å². The zero-order valence-corrected chi connectivity index (χ0v) is 12.5. The number of nitrogens with zero attached hydrogens (tertiary/aromatic N) is 1. The molecule has 1 unspecified atom stereocenters. The summed E-state index contributed by atoms with van der Waals surface area (Å²) in [5.41, 5.74) is 5.67.